The van der Waals surface area contributed by atoms with E-state index in [2.05, 4.69) is 20.0 Å². The number of anilines is 1. The van der Waals surface area contributed by atoms with Gasteiger partial charge in [-0.25, -0.2) is 23.1 Å². The number of hydrogen-bond acceptors (Lipinski definition) is 8. The zero-order valence-corrected chi connectivity index (χ0v) is 22.4. The molecule has 0 saturated heterocycles. The highest BCUT2D eigenvalue weighted by molar-refractivity contribution is 7.89. The third-order valence-electron chi connectivity index (χ3n) is 6.47. The molecule has 0 saturated carbocycles. The first-order chi connectivity index (χ1) is 19.5. The third kappa shape index (κ3) is 4.99. The summed E-state index contributed by atoms with van der Waals surface area (Å²) in [6, 6.07) is 22.1. The van der Waals surface area contributed by atoms with E-state index in [0.29, 0.717) is 47.3 Å². The average Bonchev–Trinajstić information content (AvgIpc) is 3.59. The average molecular weight is 555 g/mol. The topological polar surface area (TPSA) is 124 Å². The lowest BCUT2D eigenvalue weighted by Gasteiger charge is -2.10. The normalized spacial score (nSPS) is 11.7. The lowest BCUT2D eigenvalue weighted by molar-refractivity contribution is 0.415. The molecule has 3 aromatic heterocycles. The van der Waals surface area contributed by atoms with Gasteiger partial charge in [-0.2, -0.15) is 4.98 Å². The van der Waals surface area contributed by atoms with Crippen LogP contribution in [-0.2, 0) is 10.0 Å². The number of ether oxygens (including phenoxy) is 1. The number of nitrogens with one attached hydrogen (secondary N) is 2. The Morgan fingerprint density at radius 3 is 2.73 bits per heavy atom. The first-order valence-corrected chi connectivity index (χ1v) is 14.2. The van der Waals surface area contributed by atoms with Crippen molar-refractivity contribution >= 4 is 32.6 Å². The predicted molar refractivity (Wildman–Crippen MR) is 153 cm³/mol. The zero-order chi connectivity index (χ0) is 27.5. The summed E-state index contributed by atoms with van der Waals surface area (Å²) in [5, 5.41) is 4.77. The molecule has 11 heteroatoms. The number of hydrogen-bond donors (Lipinski definition) is 2. The number of fused-ring (bicyclic) bond motifs is 2. The van der Waals surface area contributed by atoms with Crippen molar-refractivity contribution in [2.75, 3.05) is 25.5 Å². The Balaban J connectivity index is 1.15. The summed E-state index contributed by atoms with van der Waals surface area (Å²) in [5.74, 6) is 1.58. The number of imidazole rings is 1. The van der Waals surface area contributed by atoms with Crippen LogP contribution in [-0.4, -0.2) is 48.0 Å². The highest BCUT2D eigenvalue weighted by Crippen LogP contribution is 2.33. The molecule has 0 amide bonds. The van der Waals surface area contributed by atoms with Gasteiger partial charge in [0, 0.05) is 36.4 Å². The van der Waals surface area contributed by atoms with Crippen LogP contribution in [0.5, 0.6) is 5.75 Å². The molecule has 3 aromatic carbocycles. The van der Waals surface area contributed by atoms with Crippen LogP contribution in [0.3, 0.4) is 0 Å². The lowest BCUT2D eigenvalue weighted by Crippen LogP contribution is -2.26. The van der Waals surface area contributed by atoms with Crippen molar-refractivity contribution in [1.82, 2.24) is 24.1 Å². The molecule has 40 heavy (non-hydrogen) atoms. The van der Waals surface area contributed by atoms with Crippen LogP contribution in [0.1, 0.15) is 6.42 Å². The quantitative estimate of drug-likeness (QED) is 0.227. The summed E-state index contributed by atoms with van der Waals surface area (Å²) in [7, 11) is -2.04. The van der Waals surface area contributed by atoms with Crippen molar-refractivity contribution in [3.05, 3.63) is 91.5 Å². The summed E-state index contributed by atoms with van der Waals surface area (Å²) in [6.07, 6.45) is 5.56. The summed E-state index contributed by atoms with van der Waals surface area (Å²) < 4.78 is 41.4. The Bertz CT molecular complexity index is 1910. The summed E-state index contributed by atoms with van der Waals surface area (Å²) >= 11 is 0. The Morgan fingerprint density at radius 1 is 0.975 bits per heavy atom. The molecule has 0 aliphatic carbocycles. The smallest absolute Gasteiger partial charge is 0.306 e. The highest BCUT2D eigenvalue weighted by atomic mass is 32.2. The number of aromatic nitrogens is 4. The molecule has 6 aromatic rings. The monoisotopic (exact) mass is 554 g/mol. The summed E-state index contributed by atoms with van der Waals surface area (Å²) in [4.78, 5) is 14.0. The number of oxazole rings is 1. The van der Waals surface area contributed by atoms with Crippen LogP contribution >= 0.6 is 0 Å². The number of benzene rings is 3. The molecule has 0 radical (unpaired) electrons. The molecule has 0 unspecified atom stereocenters. The Labute approximate surface area is 230 Å². The Kier molecular flexibility index (Phi) is 6.89. The fourth-order valence-corrected chi connectivity index (χ4v) is 5.88. The van der Waals surface area contributed by atoms with E-state index < -0.39 is 10.0 Å². The van der Waals surface area contributed by atoms with Crippen molar-refractivity contribution in [3.8, 4) is 28.4 Å². The second-order valence-electron chi connectivity index (χ2n) is 9.02. The van der Waals surface area contributed by atoms with Crippen molar-refractivity contribution < 1.29 is 17.6 Å². The zero-order valence-electron chi connectivity index (χ0n) is 21.6. The van der Waals surface area contributed by atoms with Crippen LogP contribution in [0.15, 0.2) is 101 Å². The number of nitrogens with zero attached hydrogens (tertiary/aromatic N) is 4. The van der Waals surface area contributed by atoms with E-state index in [9.17, 15) is 8.42 Å². The molecule has 202 valence electrons. The van der Waals surface area contributed by atoms with Crippen molar-refractivity contribution in [3.63, 3.8) is 0 Å². The van der Waals surface area contributed by atoms with Gasteiger partial charge in [0.05, 0.1) is 17.7 Å². The molecule has 0 aliphatic heterocycles. The van der Waals surface area contributed by atoms with Crippen LogP contribution in [0.25, 0.3) is 39.3 Å². The van der Waals surface area contributed by atoms with Gasteiger partial charge in [0.25, 0.3) is 0 Å². The fourth-order valence-electron chi connectivity index (χ4n) is 4.58. The maximum atomic E-state index is 12.9. The second-order valence-corrected chi connectivity index (χ2v) is 10.8. The van der Waals surface area contributed by atoms with Gasteiger partial charge >= 0.3 is 5.84 Å². The minimum absolute atomic E-state index is 0.260. The lowest BCUT2D eigenvalue weighted by atomic mass is 10.1. The summed E-state index contributed by atoms with van der Waals surface area (Å²) in [5.41, 5.74) is 2.97. The van der Waals surface area contributed by atoms with E-state index in [1.807, 2.05) is 65.1 Å². The van der Waals surface area contributed by atoms with E-state index >= 15 is 0 Å². The predicted octanol–water partition coefficient (Wildman–Crippen LogP) is 4.99. The van der Waals surface area contributed by atoms with Crippen molar-refractivity contribution in [2.45, 2.75) is 11.3 Å². The van der Waals surface area contributed by atoms with Gasteiger partial charge < -0.3 is 14.5 Å². The van der Waals surface area contributed by atoms with Gasteiger partial charge in [0.2, 0.25) is 16.0 Å². The largest absolute Gasteiger partial charge is 0.497 e. The van der Waals surface area contributed by atoms with Gasteiger partial charge in [-0.05, 0) is 36.1 Å². The third-order valence-corrected chi connectivity index (χ3v) is 7.99. The van der Waals surface area contributed by atoms with Crippen LogP contribution < -0.4 is 14.8 Å². The van der Waals surface area contributed by atoms with Gasteiger partial charge in [0.15, 0.2) is 0 Å². The number of sulfonamides is 1. The van der Waals surface area contributed by atoms with Gasteiger partial charge in [0.1, 0.15) is 23.4 Å². The Hall–Kier alpha value is -4.74. The van der Waals surface area contributed by atoms with Crippen molar-refractivity contribution in [1.29, 1.82) is 0 Å². The molecule has 0 bridgehead atoms. The molecule has 0 aliphatic rings. The van der Waals surface area contributed by atoms with Crippen LogP contribution in [0.2, 0.25) is 0 Å². The molecule has 2 N–H and O–H groups in total. The maximum Gasteiger partial charge on any atom is 0.306 e. The minimum atomic E-state index is -3.66. The van der Waals surface area contributed by atoms with E-state index in [0.717, 1.165) is 16.6 Å². The second kappa shape index (κ2) is 10.8. The van der Waals surface area contributed by atoms with E-state index in [4.69, 9.17) is 14.1 Å². The molecule has 3 heterocycles. The highest BCUT2D eigenvalue weighted by Gasteiger charge is 2.20. The number of rotatable bonds is 10. The molecular formula is C29H26N6O4S. The van der Waals surface area contributed by atoms with Gasteiger partial charge in [-0.3, -0.25) is 4.40 Å². The van der Waals surface area contributed by atoms with E-state index in [1.54, 1.807) is 37.9 Å². The molecule has 6 rings (SSSR count). The van der Waals surface area contributed by atoms with Gasteiger partial charge in [-0.15, -0.1) is 0 Å². The maximum absolute atomic E-state index is 12.9. The molecule has 10 nitrogen and oxygen atoms in total. The molecule has 0 spiro atoms. The molecule has 0 atom stereocenters. The standard InChI is InChI=1S/C29H26N6O4S/c1-38-22-10-4-9-21(19-22)26-27(35-17-18-39-29(35)34-26)24-13-16-31-28(33-24)30-14-6-15-32-40(36,37)25-12-5-8-20-7-2-3-11-23(20)25/h2-5,7-13,16-19,32H,6,14-15H2,1H3,(H,30,31,33). The Morgan fingerprint density at radius 2 is 1.82 bits per heavy atom. The molecule has 0 fully saturated rings. The van der Waals surface area contributed by atoms with E-state index in [-0.39, 0.29) is 11.4 Å². The summed E-state index contributed by atoms with van der Waals surface area (Å²) in [6.45, 7) is 0.730. The fraction of sp³-hybridized carbons (Fsp3) is 0.138. The van der Waals surface area contributed by atoms with E-state index in [1.165, 1.54) is 0 Å². The molecular weight excluding hydrogens is 528 g/mol. The SMILES string of the molecule is COc1cccc(-c2nc3occn3c2-c2ccnc(NCCCNS(=O)(=O)c3cccc4ccccc34)n2)c1. The first-order valence-electron chi connectivity index (χ1n) is 12.7. The van der Waals surface area contributed by atoms with Gasteiger partial charge in [-0.1, -0.05) is 48.5 Å². The van der Waals surface area contributed by atoms with Crippen LogP contribution in [0.4, 0.5) is 5.95 Å². The number of methoxy groups -OCH3 is 1. The van der Waals surface area contributed by atoms with Crippen molar-refractivity contribution in [2.24, 2.45) is 0 Å². The first kappa shape index (κ1) is 25.5. The van der Waals surface area contributed by atoms with Crippen LogP contribution in [0, 0.1) is 0 Å². The minimum Gasteiger partial charge on any atom is -0.497 e.